The molecule has 2 heterocycles. The molecule has 2 aromatic rings. The Bertz CT molecular complexity index is 874. The summed E-state index contributed by atoms with van der Waals surface area (Å²) in [4.78, 5) is 9.08. The van der Waals surface area contributed by atoms with Crippen molar-refractivity contribution in [2.24, 2.45) is 10.7 Å². The predicted octanol–water partition coefficient (Wildman–Crippen LogP) is 2.83. The number of nitrogens with two attached hydrogens (primary N) is 1. The smallest absolute Gasteiger partial charge is 0.120 e. The van der Waals surface area contributed by atoms with Gasteiger partial charge in [-0.3, -0.25) is 5.10 Å². The van der Waals surface area contributed by atoms with E-state index in [9.17, 15) is 0 Å². The zero-order valence-electron chi connectivity index (χ0n) is 17.0. The molecule has 0 atom stereocenters. The second-order valence-electron chi connectivity index (χ2n) is 7.17. The Kier molecular flexibility index (Phi) is 6.36. The van der Waals surface area contributed by atoms with E-state index in [0.29, 0.717) is 5.70 Å². The molecule has 0 saturated carbocycles. The van der Waals surface area contributed by atoms with Gasteiger partial charge in [-0.2, -0.15) is 5.10 Å². The maximum Gasteiger partial charge on any atom is 0.120 e. The minimum atomic E-state index is 0.103. The quantitative estimate of drug-likeness (QED) is 0.437. The highest BCUT2D eigenvalue weighted by Gasteiger charge is 2.17. The lowest BCUT2D eigenvalue weighted by Gasteiger charge is -2.35. The van der Waals surface area contributed by atoms with Crippen molar-refractivity contribution in [2.75, 3.05) is 32.7 Å². The van der Waals surface area contributed by atoms with Gasteiger partial charge in [0, 0.05) is 37.3 Å². The molecule has 3 N–H and O–H groups in total. The number of fused-ring (bicyclic) bond motifs is 1. The van der Waals surface area contributed by atoms with E-state index in [1.807, 2.05) is 38.1 Å². The number of likely N-dealkylation sites (N-methyl/N-ethyl adjacent to an activating group) is 1. The molecule has 1 saturated heterocycles. The monoisotopic (exact) mass is 382 g/mol. The standard InChI is InChI=1S/C21H30N6O/c1-5-26-8-10-27(11-9-26)16(4)12-20(23-14-22)21-18-13-17(28-15(2)3)6-7-19(18)24-25-21/h6-7,12-15H,4-5,8-11H2,1-3H3,(H2,22,23)(H,24,25)/b20-12-. The van der Waals surface area contributed by atoms with Gasteiger partial charge in [-0.25, -0.2) is 4.99 Å². The average Bonchev–Trinajstić information content (AvgIpc) is 3.10. The van der Waals surface area contributed by atoms with Crippen LogP contribution in [0, 0.1) is 0 Å². The first-order valence-electron chi connectivity index (χ1n) is 9.79. The van der Waals surface area contributed by atoms with Gasteiger partial charge in [-0.15, -0.1) is 0 Å². The second kappa shape index (κ2) is 8.93. The lowest BCUT2D eigenvalue weighted by molar-refractivity contribution is 0.169. The molecule has 0 aliphatic carbocycles. The van der Waals surface area contributed by atoms with Crippen LogP contribution in [0.15, 0.2) is 41.5 Å². The number of ether oxygens (including phenoxy) is 1. The molecule has 28 heavy (non-hydrogen) atoms. The van der Waals surface area contributed by atoms with E-state index in [4.69, 9.17) is 10.5 Å². The van der Waals surface area contributed by atoms with Crippen molar-refractivity contribution in [3.63, 3.8) is 0 Å². The molecule has 0 radical (unpaired) electrons. The van der Waals surface area contributed by atoms with Gasteiger partial charge in [-0.05, 0) is 44.7 Å². The van der Waals surface area contributed by atoms with E-state index in [1.54, 1.807) is 0 Å². The highest BCUT2D eigenvalue weighted by Crippen LogP contribution is 2.28. The maximum atomic E-state index is 5.83. The van der Waals surface area contributed by atoms with Gasteiger partial charge in [-0.1, -0.05) is 13.5 Å². The Hall–Kier alpha value is -2.80. The minimum Gasteiger partial charge on any atom is -0.491 e. The Morgan fingerprint density at radius 3 is 2.75 bits per heavy atom. The number of hydrogen-bond acceptors (Lipinski definition) is 5. The molecule has 1 aliphatic heterocycles. The van der Waals surface area contributed by atoms with Gasteiger partial charge >= 0.3 is 0 Å². The number of rotatable bonds is 7. The molecule has 7 nitrogen and oxygen atoms in total. The van der Waals surface area contributed by atoms with E-state index in [1.165, 1.54) is 6.34 Å². The minimum absolute atomic E-state index is 0.103. The van der Waals surface area contributed by atoms with Crippen LogP contribution in [0.5, 0.6) is 5.75 Å². The van der Waals surface area contributed by atoms with Gasteiger partial charge in [0.15, 0.2) is 0 Å². The van der Waals surface area contributed by atoms with Gasteiger partial charge < -0.3 is 20.3 Å². The molecule has 1 fully saturated rings. The largest absolute Gasteiger partial charge is 0.491 e. The SMILES string of the molecule is C=C(/C=C(\N=CN)c1n[nH]c2ccc(OC(C)C)cc12)N1CCN(CC)CC1. The number of allylic oxidation sites excluding steroid dienone is 1. The highest BCUT2D eigenvalue weighted by atomic mass is 16.5. The summed E-state index contributed by atoms with van der Waals surface area (Å²) in [5.74, 6) is 0.802. The molecule has 150 valence electrons. The average molecular weight is 383 g/mol. The van der Waals surface area contributed by atoms with Crippen LogP contribution in [0.3, 0.4) is 0 Å². The molecule has 1 aromatic heterocycles. The third kappa shape index (κ3) is 4.54. The molecule has 1 aromatic carbocycles. The van der Waals surface area contributed by atoms with Crippen molar-refractivity contribution in [3.05, 3.63) is 42.2 Å². The molecule has 7 heteroatoms. The fraction of sp³-hybridized carbons (Fsp3) is 0.429. The third-order valence-corrected chi connectivity index (χ3v) is 4.89. The number of piperazine rings is 1. The lowest BCUT2D eigenvalue weighted by atomic mass is 10.1. The van der Waals surface area contributed by atoms with Crippen LogP contribution in [0.1, 0.15) is 26.5 Å². The van der Waals surface area contributed by atoms with Crippen LogP contribution in [0.2, 0.25) is 0 Å². The van der Waals surface area contributed by atoms with Crippen molar-refractivity contribution in [1.29, 1.82) is 0 Å². The van der Waals surface area contributed by atoms with Gasteiger partial charge in [0.05, 0.1) is 23.7 Å². The summed E-state index contributed by atoms with van der Waals surface area (Å²) in [6.07, 6.45) is 3.35. The van der Waals surface area contributed by atoms with Crippen LogP contribution in [0.25, 0.3) is 16.6 Å². The number of hydrogen-bond donors (Lipinski definition) is 2. The maximum absolute atomic E-state index is 5.83. The zero-order chi connectivity index (χ0) is 20.1. The van der Waals surface area contributed by atoms with Crippen molar-refractivity contribution in [3.8, 4) is 5.75 Å². The number of aromatic amines is 1. The number of benzene rings is 1. The van der Waals surface area contributed by atoms with Crippen LogP contribution in [-0.2, 0) is 0 Å². The van der Waals surface area contributed by atoms with Crippen LogP contribution in [0.4, 0.5) is 0 Å². The van der Waals surface area contributed by atoms with Gasteiger partial charge in [0.1, 0.15) is 11.4 Å². The predicted molar refractivity (Wildman–Crippen MR) is 115 cm³/mol. The Morgan fingerprint density at radius 2 is 2.11 bits per heavy atom. The molecule has 0 bridgehead atoms. The summed E-state index contributed by atoms with van der Waals surface area (Å²) in [6, 6.07) is 5.88. The number of H-pyrrole nitrogens is 1. The summed E-state index contributed by atoms with van der Waals surface area (Å²) in [7, 11) is 0. The fourth-order valence-corrected chi connectivity index (χ4v) is 3.38. The highest BCUT2D eigenvalue weighted by molar-refractivity contribution is 5.92. The lowest BCUT2D eigenvalue weighted by Crippen LogP contribution is -2.45. The summed E-state index contributed by atoms with van der Waals surface area (Å²) in [5.41, 5.74) is 8.88. The Labute approximate surface area is 166 Å². The molecular weight excluding hydrogens is 352 g/mol. The van der Waals surface area contributed by atoms with Gasteiger partial charge in [0.2, 0.25) is 0 Å². The second-order valence-corrected chi connectivity index (χ2v) is 7.17. The fourth-order valence-electron chi connectivity index (χ4n) is 3.38. The van der Waals surface area contributed by atoms with Crippen molar-refractivity contribution >= 4 is 22.9 Å². The first kappa shape index (κ1) is 19.9. The molecular formula is C21H30N6O. The summed E-state index contributed by atoms with van der Waals surface area (Å²) >= 11 is 0. The van der Waals surface area contributed by atoms with E-state index < -0.39 is 0 Å². The van der Waals surface area contributed by atoms with E-state index in [-0.39, 0.29) is 6.10 Å². The molecule has 0 unspecified atom stereocenters. The van der Waals surface area contributed by atoms with Gasteiger partial charge in [0.25, 0.3) is 0 Å². The Morgan fingerprint density at radius 1 is 1.36 bits per heavy atom. The van der Waals surface area contributed by atoms with E-state index >= 15 is 0 Å². The van der Waals surface area contributed by atoms with Crippen molar-refractivity contribution in [2.45, 2.75) is 26.9 Å². The molecule has 1 aliphatic rings. The molecule has 0 spiro atoms. The number of nitrogens with zero attached hydrogens (tertiary/aromatic N) is 4. The van der Waals surface area contributed by atoms with Crippen molar-refractivity contribution in [1.82, 2.24) is 20.0 Å². The number of aromatic nitrogens is 2. The summed E-state index contributed by atoms with van der Waals surface area (Å²) in [5, 5.41) is 8.48. The topological polar surface area (TPSA) is 82.8 Å². The first-order valence-corrected chi connectivity index (χ1v) is 9.79. The number of nitrogens with one attached hydrogen (secondary N) is 1. The summed E-state index contributed by atoms with van der Waals surface area (Å²) < 4.78 is 5.83. The first-order chi connectivity index (χ1) is 13.5. The third-order valence-electron chi connectivity index (χ3n) is 4.89. The van der Waals surface area contributed by atoms with Crippen LogP contribution in [-0.4, -0.2) is 65.2 Å². The van der Waals surface area contributed by atoms with Crippen LogP contribution >= 0.6 is 0 Å². The zero-order valence-corrected chi connectivity index (χ0v) is 17.0. The van der Waals surface area contributed by atoms with E-state index in [0.717, 1.165) is 60.8 Å². The molecule has 0 amide bonds. The van der Waals surface area contributed by atoms with E-state index in [2.05, 4.69) is 38.5 Å². The number of aliphatic imine (C=N–C) groups is 1. The normalized spacial score (nSPS) is 16.4. The summed E-state index contributed by atoms with van der Waals surface area (Å²) in [6.45, 7) is 15.5. The van der Waals surface area contributed by atoms with Crippen molar-refractivity contribution < 1.29 is 4.74 Å². The molecule has 3 rings (SSSR count). The Balaban J connectivity index is 1.89. The van der Waals surface area contributed by atoms with Crippen LogP contribution < -0.4 is 10.5 Å².